The topological polar surface area (TPSA) is 21.3 Å². The molecule has 0 saturated carbocycles. The molecule has 0 saturated heterocycles. The van der Waals surface area contributed by atoms with E-state index in [0.717, 1.165) is 12.2 Å². The molecule has 0 heterocycles. The summed E-state index contributed by atoms with van der Waals surface area (Å²) in [5.41, 5.74) is 1.13. The van der Waals surface area contributed by atoms with Crippen LogP contribution in [0.5, 0.6) is 0 Å². The lowest BCUT2D eigenvalue weighted by atomic mass is 10.3. The average molecular weight is 191 g/mol. The first kappa shape index (κ1) is 10.8. The summed E-state index contributed by atoms with van der Waals surface area (Å²) in [5.74, 6) is 0. The molecule has 0 aromatic heterocycles. The number of benzene rings is 1. The van der Waals surface area contributed by atoms with Crippen LogP contribution in [-0.4, -0.2) is 19.3 Å². The Balaban J connectivity index is 2.13. The van der Waals surface area contributed by atoms with Crippen molar-refractivity contribution in [2.45, 2.75) is 13.0 Å². The summed E-state index contributed by atoms with van der Waals surface area (Å²) < 4.78 is 5.43. The van der Waals surface area contributed by atoms with E-state index in [1.807, 2.05) is 37.3 Å². The molecule has 1 rings (SSSR count). The molecular weight excluding hydrogens is 174 g/mol. The Labute approximate surface area is 85.6 Å². The van der Waals surface area contributed by atoms with Crippen LogP contribution >= 0.6 is 0 Å². The molecule has 0 spiro atoms. The van der Waals surface area contributed by atoms with Crippen LogP contribution in [0.1, 0.15) is 6.92 Å². The first-order valence-corrected chi connectivity index (χ1v) is 4.86. The molecule has 0 bridgehead atoms. The van der Waals surface area contributed by atoms with Crippen molar-refractivity contribution in [2.24, 2.45) is 0 Å². The lowest BCUT2D eigenvalue weighted by Crippen LogP contribution is -2.13. The summed E-state index contributed by atoms with van der Waals surface area (Å²) >= 11 is 0. The molecule has 1 N–H and O–H groups in total. The second-order valence-electron chi connectivity index (χ2n) is 3.10. The van der Waals surface area contributed by atoms with Crippen LogP contribution in [0.15, 0.2) is 43.0 Å². The third kappa shape index (κ3) is 4.10. The molecule has 2 heteroatoms. The minimum absolute atomic E-state index is 0.132. The highest BCUT2D eigenvalue weighted by Crippen LogP contribution is 2.03. The Morgan fingerprint density at radius 3 is 2.79 bits per heavy atom. The van der Waals surface area contributed by atoms with Crippen molar-refractivity contribution in [3.63, 3.8) is 0 Å². The van der Waals surface area contributed by atoms with E-state index in [1.54, 1.807) is 6.08 Å². The summed E-state index contributed by atoms with van der Waals surface area (Å²) in [5, 5.41) is 3.26. The molecule has 1 unspecified atom stereocenters. The van der Waals surface area contributed by atoms with E-state index in [0.29, 0.717) is 6.61 Å². The number of nitrogens with one attached hydrogen (secondary N) is 1. The van der Waals surface area contributed by atoms with Crippen molar-refractivity contribution >= 4 is 5.69 Å². The molecular formula is C12H17NO. The number of para-hydroxylation sites is 1. The summed E-state index contributed by atoms with van der Waals surface area (Å²) in [6.45, 7) is 7.15. The molecule has 0 aliphatic heterocycles. The number of rotatable bonds is 6. The van der Waals surface area contributed by atoms with Crippen LogP contribution in [0, 0.1) is 0 Å². The van der Waals surface area contributed by atoms with E-state index in [4.69, 9.17) is 4.74 Å². The largest absolute Gasteiger partial charge is 0.383 e. The average Bonchev–Trinajstić information content (AvgIpc) is 2.25. The highest BCUT2D eigenvalue weighted by Gasteiger charge is 1.94. The van der Waals surface area contributed by atoms with Crippen molar-refractivity contribution in [2.75, 3.05) is 18.5 Å². The third-order valence-corrected chi connectivity index (χ3v) is 1.92. The van der Waals surface area contributed by atoms with Crippen molar-refractivity contribution in [3.8, 4) is 0 Å². The van der Waals surface area contributed by atoms with Gasteiger partial charge in [-0.3, -0.25) is 0 Å². The normalized spacial score (nSPS) is 12.1. The molecule has 76 valence electrons. The van der Waals surface area contributed by atoms with Gasteiger partial charge in [0.25, 0.3) is 0 Å². The molecule has 0 fully saturated rings. The van der Waals surface area contributed by atoms with E-state index in [2.05, 4.69) is 11.9 Å². The maximum Gasteiger partial charge on any atom is 0.0725 e. The van der Waals surface area contributed by atoms with Gasteiger partial charge >= 0.3 is 0 Å². The fourth-order valence-electron chi connectivity index (χ4n) is 1.06. The first-order chi connectivity index (χ1) is 6.83. The molecule has 1 aromatic rings. The van der Waals surface area contributed by atoms with Crippen LogP contribution in [0.4, 0.5) is 5.69 Å². The van der Waals surface area contributed by atoms with Crippen molar-refractivity contribution < 1.29 is 4.74 Å². The quantitative estimate of drug-likeness (QED) is 0.551. The SMILES string of the molecule is C=CC(C)OCCNc1ccccc1. The zero-order chi connectivity index (χ0) is 10.2. The molecule has 14 heavy (non-hydrogen) atoms. The van der Waals surface area contributed by atoms with Gasteiger partial charge in [-0.1, -0.05) is 24.3 Å². The lowest BCUT2D eigenvalue weighted by molar-refractivity contribution is 0.106. The zero-order valence-corrected chi connectivity index (χ0v) is 8.57. The fourth-order valence-corrected chi connectivity index (χ4v) is 1.06. The Morgan fingerprint density at radius 1 is 1.43 bits per heavy atom. The first-order valence-electron chi connectivity index (χ1n) is 4.86. The third-order valence-electron chi connectivity index (χ3n) is 1.92. The van der Waals surface area contributed by atoms with E-state index in [-0.39, 0.29) is 6.10 Å². The van der Waals surface area contributed by atoms with E-state index in [1.165, 1.54) is 0 Å². The molecule has 1 aromatic carbocycles. The van der Waals surface area contributed by atoms with Gasteiger partial charge in [-0.2, -0.15) is 0 Å². The van der Waals surface area contributed by atoms with Crippen molar-refractivity contribution in [1.82, 2.24) is 0 Å². The molecule has 0 radical (unpaired) electrons. The smallest absolute Gasteiger partial charge is 0.0725 e. The minimum atomic E-state index is 0.132. The number of hydrogen-bond acceptors (Lipinski definition) is 2. The predicted octanol–water partition coefficient (Wildman–Crippen LogP) is 2.69. The number of ether oxygens (including phenoxy) is 1. The Bertz CT molecular complexity index is 258. The van der Waals surface area contributed by atoms with Crippen LogP contribution in [-0.2, 0) is 4.74 Å². The van der Waals surface area contributed by atoms with Gasteiger partial charge in [-0.05, 0) is 19.1 Å². The monoisotopic (exact) mass is 191 g/mol. The van der Waals surface area contributed by atoms with Gasteiger partial charge in [0.05, 0.1) is 12.7 Å². The van der Waals surface area contributed by atoms with Crippen LogP contribution in [0.3, 0.4) is 0 Å². The van der Waals surface area contributed by atoms with E-state index >= 15 is 0 Å². The molecule has 0 aliphatic carbocycles. The van der Waals surface area contributed by atoms with Crippen molar-refractivity contribution in [1.29, 1.82) is 0 Å². The summed E-state index contributed by atoms with van der Waals surface area (Å²) in [6, 6.07) is 10.1. The Morgan fingerprint density at radius 2 is 2.14 bits per heavy atom. The molecule has 0 amide bonds. The Kier molecular flexibility index (Phi) is 4.79. The number of hydrogen-bond donors (Lipinski definition) is 1. The van der Waals surface area contributed by atoms with Gasteiger partial charge in [0.15, 0.2) is 0 Å². The van der Waals surface area contributed by atoms with Crippen molar-refractivity contribution in [3.05, 3.63) is 43.0 Å². The zero-order valence-electron chi connectivity index (χ0n) is 8.57. The van der Waals surface area contributed by atoms with Gasteiger partial charge in [-0.15, -0.1) is 6.58 Å². The van der Waals surface area contributed by atoms with Gasteiger partial charge in [0, 0.05) is 12.2 Å². The van der Waals surface area contributed by atoms with Crippen LogP contribution < -0.4 is 5.32 Å². The maximum absolute atomic E-state index is 5.43. The minimum Gasteiger partial charge on any atom is -0.383 e. The summed E-state index contributed by atoms with van der Waals surface area (Å²) in [7, 11) is 0. The van der Waals surface area contributed by atoms with Gasteiger partial charge in [-0.25, -0.2) is 0 Å². The summed E-state index contributed by atoms with van der Waals surface area (Å²) in [4.78, 5) is 0. The molecule has 0 aliphatic rings. The molecule has 2 nitrogen and oxygen atoms in total. The maximum atomic E-state index is 5.43. The summed E-state index contributed by atoms with van der Waals surface area (Å²) in [6.07, 6.45) is 1.93. The number of anilines is 1. The van der Waals surface area contributed by atoms with Crippen LogP contribution in [0.25, 0.3) is 0 Å². The second-order valence-corrected chi connectivity index (χ2v) is 3.10. The lowest BCUT2D eigenvalue weighted by Gasteiger charge is -2.09. The van der Waals surface area contributed by atoms with Gasteiger partial charge < -0.3 is 10.1 Å². The van der Waals surface area contributed by atoms with Gasteiger partial charge in [0.1, 0.15) is 0 Å². The molecule has 1 atom stereocenters. The fraction of sp³-hybridized carbons (Fsp3) is 0.333. The highest BCUT2D eigenvalue weighted by molar-refractivity contribution is 5.42. The Hall–Kier alpha value is -1.28. The second kappa shape index (κ2) is 6.22. The van der Waals surface area contributed by atoms with E-state index in [9.17, 15) is 0 Å². The standard InChI is InChI=1S/C12H17NO/c1-3-11(2)14-10-9-13-12-7-5-4-6-8-12/h3-8,11,13H,1,9-10H2,2H3. The van der Waals surface area contributed by atoms with Crippen LogP contribution in [0.2, 0.25) is 0 Å². The van der Waals surface area contributed by atoms with E-state index < -0.39 is 0 Å². The highest BCUT2D eigenvalue weighted by atomic mass is 16.5. The predicted molar refractivity (Wildman–Crippen MR) is 60.5 cm³/mol. The van der Waals surface area contributed by atoms with Gasteiger partial charge in [0.2, 0.25) is 0 Å².